The highest BCUT2D eigenvalue weighted by atomic mass is 32.2. The first-order valence-corrected chi connectivity index (χ1v) is 11.9. The largest absolute Gasteiger partial charge is 0.340 e. The molecular weight excluding hydrogens is 428 g/mol. The van der Waals surface area contributed by atoms with Gasteiger partial charge in [0.2, 0.25) is 5.91 Å². The van der Waals surface area contributed by atoms with Crippen LogP contribution in [0.15, 0.2) is 103 Å². The number of carbonyl (C=O) groups is 2. The first kappa shape index (κ1) is 21.5. The summed E-state index contributed by atoms with van der Waals surface area (Å²) in [6.07, 6.45) is 0. The van der Waals surface area contributed by atoms with Crippen LogP contribution >= 0.6 is 11.8 Å². The Bertz CT molecular complexity index is 1110. The van der Waals surface area contributed by atoms with E-state index in [1.165, 1.54) is 0 Å². The molecule has 0 aromatic heterocycles. The number of hydrogen-bond acceptors (Lipinski definition) is 3. The van der Waals surface area contributed by atoms with E-state index in [0.717, 1.165) is 22.4 Å². The van der Waals surface area contributed by atoms with Gasteiger partial charge in [-0.1, -0.05) is 97.6 Å². The lowest BCUT2D eigenvalue weighted by Gasteiger charge is -2.44. The van der Waals surface area contributed by atoms with Gasteiger partial charge in [-0.2, -0.15) is 0 Å². The fraction of sp³-hybridized carbons (Fsp3) is 0.214. The van der Waals surface area contributed by atoms with Gasteiger partial charge in [0.05, 0.1) is 4.75 Å². The van der Waals surface area contributed by atoms with E-state index < -0.39 is 11.5 Å². The van der Waals surface area contributed by atoms with Gasteiger partial charge in [-0.05, 0) is 30.5 Å². The van der Waals surface area contributed by atoms with E-state index in [1.807, 2.05) is 91.0 Å². The zero-order chi connectivity index (χ0) is 23.2. The van der Waals surface area contributed by atoms with Crippen LogP contribution in [0.25, 0.3) is 0 Å². The maximum Gasteiger partial charge on any atom is 0.253 e. The Morgan fingerprint density at radius 1 is 0.879 bits per heavy atom. The Labute approximate surface area is 198 Å². The number of rotatable bonds is 5. The first-order chi connectivity index (χ1) is 15.9. The Hall–Kier alpha value is -3.31. The minimum Gasteiger partial charge on any atom is -0.340 e. The van der Waals surface area contributed by atoms with Gasteiger partial charge in [0.15, 0.2) is 0 Å². The Morgan fingerprint density at radius 3 is 1.73 bits per heavy atom. The minimum atomic E-state index is -1.10. The zero-order valence-corrected chi connectivity index (χ0v) is 19.5. The third-order valence-electron chi connectivity index (χ3n) is 6.69. The Morgan fingerprint density at radius 2 is 1.30 bits per heavy atom. The molecule has 2 saturated heterocycles. The van der Waals surface area contributed by atoms with Crippen LogP contribution in [0.4, 0.5) is 0 Å². The van der Waals surface area contributed by atoms with Crippen LogP contribution in [-0.4, -0.2) is 32.9 Å². The quantitative estimate of drug-likeness (QED) is 0.449. The van der Waals surface area contributed by atoms with Crippen molar-refractivity contribution in [2.45, 2.75) is 35.4 Å². The number of amides is 2. The third kappa shape index (κ3) is 3.22. The summed E-state index contributed by atoms with van der Waals surface area (Å²) in [5.74, 6) is -0.306. The normalized spacial score (nSPS) is 21.3. The summed E-state index contributed by atoms with van der Waals surface area (Å²) in [4.78, 5) is 29.1. The zero-order valence-electron chi connectivity index (χ0n) is 18.7. The molecule has 0 radical (unpaired) electrons. The molecular formula is C28H26N2O2S. The van der Waals surface area contributed by atoms with E-state index in [1.54, 1.807) is 16.7 Å². The lowest BCUT2D eigenvalue weighted by molar-refractivity contribution is -0.145. The van der Waals surface area contributed by atoms with E-state index in [9.17, 15) is 9.59 Å². The summed E-state index contributed by atoms with van der Waals surface area (Å²) in [6.45, 7) is 8.24. The number of β-lactam (4-membered cyclic amide) rings is 1. The monoisotopic (exact) mass is 454 g/mol. The van der Waals surface area contributed by atoms with Crippen LogP contribution in [0.2, 0.25) is 0 Å². The lowest BCUT2D eigenvalue weighted by atomic mass is 9.68. The van der Waals surface area contributed by atoms with Crippen molar-refractivity contribution in [3.8, 4) is 0 Å². The molecule has 2 fully saturated rings. The number of carbonyl (C=O) groups excluding carboxylic acids is 2. The molecule has 0 unspecified atom stereocenters. The van der Waals surface area contributed by atoms with Gasteiger partial charge < -0.3 is 5.32 Å². The molecule has 1 N–H and O–H groups in total. The number of benzene rings is 3. The van der Waals surface area contributed by atoms with Crippen LogP contribution in [0, 0.1) is 0 Å². The van der Waals surface area contributed by atoms with Crippen LogP contribution < -0.4 is 5.32 Å². The van der Waals surface area contributed by atoms with Gasteiger partial charge in [0.25, 0.3) is 5.91 Å². The third-order valence-corrected chi connectivity index (χ3v) is 8.24. The van der Waals surface area contributed by atoms with Crippen LogP contribution in [0.3, 0.4) is 0 Å². The van der Waals surface area contributed by atoms with E-state index in [4.69, 9.17) is 0 Å². The second-order valence-corrected chi connectivity index (χ2v) is 10.7. The van der Waals surface area contributed by atoms with Crippen molar-refractivity contribution in [3.63, 3.8) is 0 Å². The average Bonchev–Trinajstić information content (AvgIpc) is 3.06. The van der Waals surface area contributed by atoms with Crippen LogP contribution in [0.5, 0.6) is 0 Å². The van der Waals surface area contributed by atoms with Crippen molar-refractivity contribution in [2.24, 2.45) is 0 Å². The number of hydrogen-bond donors (Lipinski definition) is 1. The molecule has 2 amide bonds. The smallest absolute Gasteiger partial charge is 0.253 e. The molecule has 3 aromatic rings. The molecule has 2 atom stereocenters. The summed E-state index contributed by atoms with van der Waals surface area (Å²) >= 11 is 1.67. The van der Waals surface area contributed by atoms with Gasteiger partial charge in [0.1, 0.15) is 16.8 Å². The molecule has 3 aromatic carbocycles. The minimum absolute atomic E-state index is 0.0977. The summed E-state index contributed by atoms with van der Waals surface area (Å²) < 4.78 is -0.241. The molecule has 5 rings (SSSR count). The standard InChI is InChI=1S/C28H26N2O2S/c1-19-27(2,3)33-25-23(24(31)30(19)25)29-26(32)28(20-13-7-4-8-14-20,21-15-9-5-10-16-21)22-17-11-6-12-18-22/h4-18,23,25H,1H2,2-3H3,(H,29,32)/t23-,25-/m1/s1. The van der Waals surface area contributed by atoms with Gasteiger partial charge in [-0.3, -0.25) is 14.5 Å². The topological polar surface area (TPSA) is 49.4 Å². The van der Waals surface area contributed by atoms with Crippen molar-refractivity contribution < 1.29 is 9.59 Å². The van der Waals surface area contributed by atoms with Gasteiger partial charge in [-0.15, -0.1) is 11.8 Å². The van der Waals surface area contributed by atoms with E-state index in [2.05, 4.69) is 25.7 Å². The first-order valence-electron chi connectivity index (χ1n) is 11.0. The van der Waals surface area contributed by atoms with Crippen molar-refractivity contribution >= 4 is 23.6 Å². The predicted octanol–water partition coefficient (Wildman–Crippen LogP) is 4.71. The maximum atomic E-state index is 14.3. The van der Waals surface area contributed by atoms with Gasteiger partial charge in [0, 0.05) is 5.70 Å². The van der Waals surface area contributed by atoms with Crippen LogP contribution in [-0.2, 0) is 15.0 Å². The molecule has 4 nitrogen and oxygen atoms in total. The molecule has 2 heterocycles. The molecule has 5 heteroatoms. The maximum absolute atomic E-state index is 14.3. The van der Waals surface area contributed by atoms with E-state index in [-0.39, 0.29) is 21.9 Å². The summed E-state index contributed by atoms with van der Waals surface area (Å²) in [7, 11) is 0. The van der Waals surface area contributed by atoms with Gasteiger partial charge >= 0.3 is 0 Å². The van der Waals surface area contributed by atoms with E-state index in [0.29, 0.717) is 0 Å². The number of nitrogens with one attached hydrogen (secondary N) is 1. The Kier molecular flexibility index (Phi) is 5.17. The van der Waals surface area contributed by atoms with Crippen molar-refractivity contribution in [1.82, 2.24) is 10.2 Å². The molecule has 0 aliphatic carbocycles. The lowest BCUT2D eigenvalue weighted by Crippen LogP contribution is -2.68. The van der Waals surface area contributed by atoms with E-state index >= 15 is 0 Å². The Balaban J connectivity index is 1.62. The summed E-state index contributed by atoms with van der Waals surface area (Å²) in [5, 5.41) is 3.00. The molecule has 166 valence electrons. The number of fused-ring (bicyclic) bond motifs is 1. The summed E-state index contributed by atoms with van der Waals surface area (Å²) in [6, 6.07) is 28.8. The fourth-order valence-electron chi connectivity index (χ4n) is 4.87. The molecule has 2 aliphatic rings. The number of nitrogens with zero attached hydrogens (tertiary/aromatic N) is 1. The van der Waals surface area contributed by atoms with Gasteiger partial charge in [-0.25, -0.2) is 0 Å². The predicted molar refractivity (Wildman–Crippen MR) is 133 cm³/mol. The molecule has 0 spiro atoms. The molecule has 0 bridgehead atoms. The fourth-order valence-corrected chi connectivity index (χ4v) is 6.37. The second-order valence-electron chi connectivity index (χ2n) is 8.97. The highest BCUT2D eigenvalue weighted by Crippen LogP contribution is 2.52. The van der Waals surface area contributed by atoms with Crippen LogP contribution in [0.1, 0.15) is 30.5 Å². The SMILES string of the molecule is C=C1N2C(=O)[C@@H](NC(=O)C(c3ccccc3)(c3ccccc3)c3ccccc3)[C@H]2SC1(C)C. The highest BCUT2D eigenvalue weighted by molar-refractivity contribution is 8.01. The molecule has 0 saturated carbocycles. The van der Waals surface area contributed by atoms with Crippen molar-refractivity contribution in [2.75, 3.05) is 0 Å². The highest BCUT2D eigenvalue weighted by Gasteiger charge is 2.60. The van der Waals surface area contributed by atoms with Crippen molar-refractivity contribution in [1.29, 1.82) is 0 Å². The molecule has 33 heavy (non-hydrogen) atoms. The molecule has 2 aliphatic heterocycles. The number of thioether (sulfide) groups is 1. The summed E-state index contributed by atoms with van der Waals surface area (Å²) in [5.41, 5.74) is 2.26. The average molecular weight is 455 g/mol. The second kappa shape index (κ2) is 7.92. The van der Waals surface area contributed by atoms with Crippen molar-refractivity contribution in [3.05, 3.63) is 120 Å².